The van der Waals surface area contributed by atoms with Gasteiger partial charge in [0.25, 0.3) is 5.78 Å². The lowest BCUT2D eigenvalue weighted by Crippen LogP contribution is -2.20. The molecule has 0 saturated carbocycles. The van der Waals surface area contributed by atoms with Crippen molar-refractivity contribution in [1.29, 1.82) is 0 Å². The molecule has 0 heterocycles. The van der Waals surface area contributed by atoms with E-state index in [9.17, 15) is 22.8 Å². The predicted molar refractivity (Wildman–Crippen MR) is 44.1 cm³/mol. The number of methoxy groups -OCH3 is 1. The van der Waals surface area contributed by atoms with Crippen LogP contribution in [-0.4, -0.2) is 30.9 Å². The molecule has 15 heavy (non-hydrogen) atoms. The molecule has 0 aliphatic rings. The van der Waals surface area contributed by atoms with Crippen LogP contribution in [0.2, 0.25) is 0 Å². The Bertz CT molecular complexity index is 351. The zero-order valence-corrected chi connectivity index (χ0v) is 7.46. The molecular formula is C8H5F3NO3-. The number of hydrogen-bond donors (Lipinski definition) is 0. The normalized spacial score (nSPS) is 10.9. The highest BCUT2D eigenvalue weighted by atomic mass is 19.4. The van der Waals surface area contributed by atoms with Gasteiger partial charge in [0.2, 0.25) is 0 Å². The Labute approximate surface area is 82.5 Å². The van der Waals surface area contributed by atoms with Gasteiger partial charge in [-0.1, -0.05) is 0 Å². The van der Waals surface area contributed by atoms with E-state index in [1.54, 1.807) is 0 Å². The molecule has 0 aromatic carbocycles. The Morgan fingerprint density at radius 3 is 2.20 bits per heavy atom. The summed E-state index contributed by atoms with van der Waals surface area (Å²) in [6.45, 7) is 0. The van der Waals surface area contributed by atoms with Crippen LogP contribution in [0.4, 0.5) is 13.2 Å². The fourth-order valence-corrected chi connectivity index (χ4v) is 0.514. The predicted octanol–water partition coefficient (Wildman–Crippen LogP) is 1.01. The highest BCUT2D eigenvalue weighted by Gasteiger charge is 2.36. The van der Waals surface area contributed by atoms with Crippen LogP contribution in [0.3, 0.4) is 0 Å². The molecule has 7 heteroatoms. The van der Waals surface area contributed by atoms with Gasteiger partial charge >= 0.3 is 12.1 Å². The lowest BCUT2D eigenvalue weighted by molar-refractivity contribution is -0.165. The van der Waals surface area contributed by atoms with Gasteiger partial charge < -0.3 is 10.1 Å². The maximum Gasteiger partial charge on any atom is 0.454 e. The molecule has 0 aliphatic heterocycles. The number of ketones is 1. The van der Waals surface area contributed by atoms with E-state index in [0.29, 0.717) is 6.08 Å². The number of halogens is 3. The number of carbonyl (C=O) groups is 2. The van der Waals surface area contributed by atoms with E-state index in [2.05, 4.69) is 4.74 Å². The van der Waals surface area contributed by atoms with Crippen molar-refractivity contribution in [1.82, 2.24) is 0 Å². The van der Waals surface area contributed by atoms with Gasteiger partial charge in [-0.2, -0.15) is 13.2 Å². The van der Waals surface area contributed by atoms with Crippen molar-refractivity contribution in [2.45, 2.75) is 6.18 Å². The Morgan fingerprint density at radius 2 is 1.87 bits per heavy atom. The molecule has 0 aliphatic carbocycles. The average molecular weight is 220 g/mol. The van der Waals surface area contributed by atoms with Gasteiger partial charge in [-0.25, -0.2) is 4.79 Å². The largest absolute Gasteiger partial charge is 0.763 e. The summed E-state index contributed by atoms with van der Waals surface area (Å²) in [6, 6.07) is 0. The molecule has 0 aromatic rings. The second-order valence-corrected chi connectivity index (χ2v) is 2.21. The molecule has 0 saturated heterocycles. The summed E-state index contributed by atoms with van der Waals surface area (Å²) in [5, 5.41) is 8.31. The summed E-state index contributed by atoms with van der Waals surface area (Å²) in [4.78, 5) is 21.0. The molecule has 82 valence electrons. The number of nitrogens with zero attached hydrogens (tertiary/aromatic N) is 1. The lowest BCUT2D eigenvalue weighted by Gasteiger charge is -2.00. The van der Waals surface area contributed by atoms with E-state index >= 15 is 0 Å². The molecule has 0 fully saturated rings. The second kappa shape index (κ2) is 5.11. The Balaban J connectivity index is 4.74. The first-order valence-electron chi connectivity index (χ1n) is 3.47. The van der Waals surface area contributed by atoms with Gasteiger partial charge in [0.1, 0.15) is 0 Å². The van der Waals surface area contributed by atoms with Gasteiger partial charge in [-0.05, 0) is 12.2 Å². The van der Waals surface area contributed by atoms with Crippen molar-refractivity contribution in [3.8, 4) is 0 Å². The van der Waals surface area contributed by atoms with E-state index in [4.69, 9.17) is 5.41 Å². The smallest absolute Gasteiger partial charge is 0.454 e. The molecule has 0 bridgehead atoms. The third kappa shape index (κ3) is 4.24. The summed E-state index contributed by atoms with van der Waals surface area (Å²) in [5.74, 6) is -1.97. The highest BCUT2D eigenvalue weighted by Crippen LogP contribution is 2.16. The van der Waals surface area contributed by atoms with E-state index in [1.807, 2.05) is 0 Å². The van der Waals surface area contributed by atoms with E-state index in [-0.39, 0.29) is 6.08 Å². The molecule has 0 spiro atoms. The van der Waals surface area contributed by atoms with Gasteiger partial charge in [-0.3, -0.25) is 10.7 Å². The summed E-state index contributed by atoms with van der Waals surface area (Å²) >= 11 is 0. The zero-order chi connectivity index (χ0) is 12.1. The van der Waals surface area contributed by atoms with Gasteiger partial charge in [0.05, 0.1) is 12.7 Å². The summed E-state index contributed by atoms with van der Waals surface area (Å²) < 4.78 is 39.1. The van der Waals surface area contributed by atoms with Crippen molar-refractivity contribution in [2.75, 3.05) is 7.11 Å². The van der Waals surface area contributed by atoms with Crippen LogP contribution in [0.5, 0.6) is 0 Å². The van der Waals surface area contributed by atoms with E-state index in [0.717, 1.165) is 7.11 Å². The minimum absolute atomic E-state index is 0.0927. The highest BCUT2D eigenvalue weighted by molar-refractivity contribution is 6.04. The molecule has 0 rings (SSSR count). The Hall–Kier alpha value is -1.88. The first-order valence-corrected chi connectivity index (χ1v) is 3.47. The van der Waals surface area contributed by atoms with Crippen molar-refractivity contribution in [2.24, 2.45) is 0 Å². The summed E-state index contributed by atoms with van der Waals surface area (Å²) in [6.07, 6.45) is -4.47. The number of carbonyl (C=O) groups excluding carboxylic acids is 2. The van der Waals surface area contributed by atoms with Gasteiger partial charge in [0.15, 0.2) is 0 Å². The van der Waals surface area contributed by atoms with Crippen molar-refractivity contribution in [3.05, 3.63) is 23.1 Å². The van der Waals surface area contributed by atoms with E-state index in [1.165, 1.54) is 5.87 Å². The Morgan fingerprint density at radius 1 is 1.33 bits per heavy atom. The monoisotopic (exact) mass is 220 g/mol. The van der Waals surface area contributed by atoms with E-state index < -0.39 is 23.5 Å². The molecule has 0 amide bonds. The third-order valence-electron chi connectivity index (χ3n) is 1.21. The standard InChI is InChI=1S/C8H5F3NO3/c1-15-7(14)5(4-12)2-3-6(13)8(9,10)11/h2-3H,1H3/q-1. The SMILES string of the molecule is COC(=O)C(=C=[N-])C=CC(=O)C(F)(F)F. The fraction of sp³-hybridized carbons (Fsp3) is 0.250. The molecular weight excluding hydrogens is 215 g/mol. The molecule has 0 radical (unpaired) electrons. The van der Waals surface area contributed by atoms with Gasteiger partial charge in [0, 0.05) is 0 Å². The Kier molecular flexibility index (Phi) is 4.47. The first-order chi connectivity index (χ1) is 6.82. The van der Waals surface area contributed by atoms with Crippen LogP contribution in [0, 0.1) is 0 Å². The number of alkyl halides is 3. The molecule has 0 N–H and O–H groups in total. The number of rotatable bonds is 3. The zero-order valence-electron chi connectivity index (χ0n) is 7.46. The number of hydrogen-bond acceptors (Lipinski definition) is 3. The number of allylic oxidation sites excluding steroid dienone is 1. The number of ether oxygens (including phenoxy) is 1. The lowest BCUT2D eigenvalue weighted by atomic mass is 10.2. The topological polar surface area (TPSA) is 65.7 Å². The maximum atomic E-state index is 11.7. The van der Waals surface area contributed by atoms with Crippen molar-refractivity contribution < 1.29 is 27.5 Å². The van der Waals surface area contributed by atoms with Crippen LogP contribution in [0.15, 0.2) is 17.7 Å². The first kappa shape index (κ1) is 13.1. The molecule has 0 unspecified atom stereocenters. The maximum absolute atomic E-state index is 11.7. The summed E-state index contributed by atoms with van der Waals surface area (Å²) in [5.41, 5.74) is -0.685. The fourth-order valence-electron chi connectivity index (χ4n) is 0.514. The summed E-state index contributed by atoms with van der Waals surface area (Å²) in [7, 11) is 0.957. The molecule has 0 atom stereocenters. The molecule has 4 nitrogen and oxygen atoms in total. The second-order valence-electron chi connectivity index (χ2n) is 2.21. The van der Waals surface area contributed by atoms with Crippen molar-refractivity contribution >= 4 is 17.6 Å². The van der Waals surface area contributed by atoms with Crippen LogP contribution in [0.25, 0.3) is 5.41 Å². The van der Waals surface area contributed by atoms with Crippen LogP contribution >= 0.6 is 0 Å². The average Bonchev–Trinajstić information content (AvgIpc) is 2.16. The molecule has 0 aromatic heterocycles. The van der Waals surface area contributed by atoms with Gasteiger partial charge in [-0.15, -0.1) is 0 Å². The third-order valence-corrected chi connectivity index (χ3v) is 1.21. The van der Waals surface area contributed by atoms with Crippen LogP contribution in [-0.2, 0) is 14.3 Å². The minimum Gasteiger partial charge on any atom is -0.763 e. The van der Waals surface area contributed by atoms with Crippen LogP contribution < -0.4 is 0 Å². The van der Waals surface area contributed by atoms with Crippen LogP contribution in [0.1, 0.15) is 0 Å². The minimum atomic E-state index is -5.02. The number of esters is 1. The van der Waals surface area contributed by atoms with Crippen molar-refractivity contribution in [3.63, 3.8) is 0 Å². The quantitative estimate of drug-likeness (QED) is 0.308.